The lowest BCUT2D eigenvalue weighted by Crippen LogP contribution is -2.49. The molecule has 27 heavy (non-hydrogen) atoms. The Balaban J connectivity index is 0.00000261. The zero-order valence-electron chi connectivity index (χ0n) is 16.4. The number of guanidine groups is 1. The molecule has 1 amide bonds. The van der Waals surface area contributed by atoms with Crippen molar-refractivity contribution < 1.29 is 9.53 Å². The lowest BCUT2D eigenvalue weighted by atomic mass is 9.97. The van der Waals surface area contributed by atoms with Gasteiger partial charge in [-0.25, -0.2) is 0 Å². The second kappa shape index (κ2) is 10.3. The molecule has 0 aromatic carbocycles. The Morgan fingerprint density at radius 1 is 1.33 bits per heavy atom. The number of hydrogen-bond donors (Lipinski definition) is 1. The molecule has 3 rings (SSSR count). The van der Waals surface area contributed by atoms with E-state index in [1.165, 1.54) is 0 Å². The van der Waals surface area contributed by atoms with Crippen molar-refractivity contribution in [2.24, 2.45) is 18.0 Å². The Morgan fingerprint density at radius 2 is 2.07 bits per heavy atom. The first kappa shape index (κ1) is 21.9. The van der Waals surface area contributed by atoms with Gasteiger partial charge in [-0.15, -0.1) is 24.0 Å². The minimum Gasteiger partial charge on any atom is -0.370 e. The van der Waals surface area contributed by atoms with E-state index in [-0.39, 0.29) is 36.0 Å². The summed E-state index contributed by atoms with van der Waals surface area (Å²) in [6.45, 7) is 6.55. The van der Waals surface area contributed by atoms with Crippen molar-refractivity contribution in [3.63, 3.8) is 0 Å². The Hall–Kier alpha value is -1.36. The molecule has 1 unspecified atom stereocenters. The molecule has 1 aromatic rings. The minimum absolute atomic E-state index is 0. The van der Waals surface area contributed by atoms with Crippen LogP contribution >= 0.6 is 24.0 Å². The van der Waals surface area contributed by atoms with Gasteiger partial charge < -0.3 is 19.9 Å². The van der Waals surface area contributed by atoms with Gasteiger partial charge in [0.05, 0.1) is 19.3 Å². The molecule has 2 aliphatic rings. The predicted octanol–water partition coefficient (Wildman–Crippen LogP) is 1.25. The number of likely N-dealkylation sites (tertiary alicyclic amines) is 1. The molecule has 1 aromatic heterocycles. The Labute approximate surface area is 178 Å². The fraction of sp³-hybridized carbons (Fsp3) is 0.722. The van der Waals surface area contributed by atoms with Crippen molar-refractivity contribution in [3.05, 3.63) is 18.0 Å². The number of amides is 1. The summed E-state index contributed by atoms with van der Waals surface area (Å²) >= 11 is 0. The molecule has 0 spiro atoms. The van der Waals surface area contributed by atoms with E-state index in [1.54, 1.807) is 11.6 Å². The van der Waals surface area contributed by atoms with Gasteiger partial charge in [0, 0.05) is 59.0 Å². The molecule has 1 atom stereocenters. The molecule has 1 N–H and O–H groups in total. The molecule has 3 heterocycles. The SMILES string of the molecule is CN=C(NCC1CCN(C(C)=O)CC1)N1CCOC(c2cnn(C)c2)C1.I. The molecule has 2 saturated heterocycles. The maximum absolute atomic E-state index is 11.4. The number of nitrogens with one attached hydrogen (secondary N) is 1. The average Bonchev–Trinajstić information content (AvgIpc) is 3.09. The van der Waals surface area contributed by atoms with Gasteiger partial charge in [-0.05, 0) is 18.8 Å². The zero-order chi connectivity index (χ0) is 18.5. The Bertz CT molecular complexity index is 642. The normalized spacial score (nSPS) is 21.7. The second-order valence-electron chi connectivity index (χ2n) is 7.13. The van der Waals surface area contributed by atoms with Crippen LogP contribution in [0.2, 0.25) is 0 Å². The maximum atomic E-state index is 11.4. The van der Waals surface area contributed by atoms with Crippen LogP contribution in [-0.2, 0) is 16.6 Å². The van der Waals surface area contributed by atoms with Crippen LogP contribution in [0.1, 0.15) is 31.4 Å². The van der Waals surface area contributed by atoms with E-state index in [0.717, 1.165) is 57.1 Å². The summed E-state index contributed by atoms with van der Waals surface area (Å²) < 4.78 is 7.72. The lowest BCUT2D eigenvalue weighted by molar-refractivity contribution is -0.130. The predicted molar refractivity (Wildman–Crippen MR) is 115 cm³/mol. The summed E-state index contributed by atoms with van der Waals surface area (Å²) in [7, 11) is 3.75. The van der Waals surface area contributed by atoms with Crippen LogP contribution in [0.5, 0.6) is 0 Å². The molecule has 2 fully saturated rings. The molecule has 0 aliphatic carbocycles. The van der Waals surface area contributed by atoms with Gasteiger partial charge >= 0.3 is 0 Å². The van der Waals surface area contributed by atoms with Crippen LogP contribution in [0.4, 0.5) is 0 Å². The number of ether oxygens (including phenoxy) is 1. The van der Waals surface area contributed by atoms with Crippen LogP contribution in [0.15, 0.2) is 17.4 Å². The van der Waals surface area contributed by atoms with Gasteiger partial charge in [0.25, 0.3) is 0 Å². The van der Waals surface area contributed by atoms with Crippen LogP contribution < -0.4 is 5.32 Å². The number of aryl methyl sites for hydroxylation is 1. The third-order valence-electron chi connectivity index (χ3n) is 5.28. The number of carbonyl (C=O) groups excluding carboxylic acids is 1. The van der Waals surface area contributed by atoms with E-state index < -0.39 is 0 Å². The zero-order valence-corrected chi connectivity index (χ0v) is 18.8. The smallest absolute Gasteiger partial charge is 0.219 e. The standard InChI is InChI=1S/C18H30N6O2.HI/c1-14(25)23-6-4-15(5-7-23)10-20-18(19-2)24-8-9-26-17(13-24)16-11-21-22(3)12-16;/h11-12,15,17H,4-10,13H2,1-3H3,(H,19,20);1H. The van der Waals surface area contributed by atoms with Crippen LogP contribution in [0, 0.1) is 5.92 Å². The van der Waals surface area contributed by atoms with Gasteiger partial charge in [0.15, 0.2) is 5.96 Å². The highest BCUT2D eigenvalue weighted by Gasteiger charge is 2.26. The number of morpholine rings is 1. The highest BCUT2D eigenvalue weighted by Crippen LogP contribution is 2.22. The van der Waals surface area contributed by atoms with Gasteiger partial charge in [0.2, 0.25) is 5.91 Å². The molecule has 8 nitrogen and oxygen atoms in total. The maximum Gasteiger partial charge on any atom is 0.219 e. The van der Waals surface area contributed by atoms with Gasteiger partial charge in [-0.2, -0.15) is 5.10 Å². The van der Waals surface area contributed by atoms with E-state index >= 15 is 0 Å². The summed E-state index contributed by atoms with van der Waals surface area (Å²) in [5.74, 6) is 1.69. The average molecular weight is 490 g/mol. The summed E-state index contributed by atoms with van der Waals surface area (Å²) in [5, 5.41) is 7.77. The quantitative estimate of drug-likeness (QED) is 0.392. The summed E-state index contributed by atoms with van der Waals surface area (Å²) in [5.41, 5.74) is 1.10. The van der Waals surface area contributed by atoms with Crippen molar-refractivity contribution in [2.75, 3.05) is 46.4 Å². The molecule has 152 valence electrons. The van der Waals surface area contributed by atoms with Crippen molar-refractivity contribution >= 4 is 35.8 Å². The molecule has 9 heteroatoms. The number of hydrogen-bond acceptors (Lipinski definition) is 4. The lowest BCUT2D eigenvalue weighted by Gasteiger charge is -2.36. The number of halogens is 1. The van der Waals surface area contributed by atoms with Gasteiger partial charge in [0.1, 0.15) is 6.10 Å². The largest absolute Gasteiger partial charge is 0.370 e. The van der Waals surface area contributed by atoms with E-state index in [2.05, 4.69) is 20.3 Å². The van der Waals surface area contributed by atoms with Gasteiger partial charge in [-0.3, -0.25) is 14.5 Å². The molecule has 2 aliphatic heterocycles. The van der Waals surface area contributed by atoms with Crippen LogP contribution in [0.3, 0.4) is 0 Å². The fourth-order valence-corrected chi connectivity index (χ4v) is 3.67. The van der Waals surface area contributed by atoms with Crippen LogP contribution in [-0.4, -0.2) is 77.8 Å². The molecular weight excluding hydrogens is 459 g/mol. The summed E-state index contributed by atoms with van der Waals surface area (Å²) in [6.07, 6.45) is 5.99. The Morgan fingerprint density at radius 3 is 2.67 bits per heavy atom. The summed E-state index contributed by atoms with van der Waals surface area (Å²) in [6, 6.07) is 0. The number of piperidine rings is 1. The first-order valence-corrected chi connectivity index (χ1v) is 9.38. The number of nitrogens with zero attached hydrogens (tertiary/aromatic N) is 5. The number of carbonyl (C=O) groups is 1. The first-order chi connectivity index (χ1) is 12.6. The van der Waals surface area contributed by atoms with Crippen molar-refractivity contribution in [2.45, 2.75) is 25.9 Å². The third-order valence-corrected chi connectivity index (χ3v) is 5.28. The monoisotopic (exact) mass is 490 g/mol. The molecule has 0 saturated carbocycles. The van der Waals surface area contributed by atoms with Crippen molar-refractivity contribution in [3.8, 4) is 0 Å². The third kappa shape index (κ3) is 5.81. The van der Waals surface area contributed by atoms with Crippen molar-refractivity contribution in [1.29, 1.82) is 0 Å². The fourth-order valence-electron chi connectivity index (χ4n) is 3.67. The van der Waals surface area contributed by atoms with Gasteiger partial charge in [-0.1, -0.05) is 0 Å². The molecule has 0 radical (unpaired) electrons. The van der Waals surface area contributed by atoms with Crippen molar-refractivity contribution in [1.82, 2.24) is 24.9 Å². The number of aromatic nitrogens is 2. The minimum atomic E-state index is 0. The second-order valence-corrected chi connectivity index (χ2v) is 7.13. The molecular formula is C18H31IN6O2. The molecule has 0 bridgehead atoms. The number of aliphatic imine (C=N–C) groups is 1. The van der Waals surface area contributed by atoms with E-state index in [0.29, 0.717) is 12.5 Å². The topological polar surface area (TPSA) is 75.0 Å². The highest BCUT2D eigenvalue weighted by molar-refractivity contribution is 14.0. The summed E-state index contributed by atoms with van der Waals surface area (Å²) in [4.78, 5) is 20.1. The highest BCUT2D eigenvalue weighted by atomic mass is 127. The van der Waals surface area contributed by atoms with E-state index in [1.807, 2.05) is 31.4 Å². The number of rotatable bonds is 3. The van der Waals surface area contributed by atoms with E-state index in [9.17, 15) is 4.79 Å². The Kier molecular flexibility index (Phi) is 8.33. The van der Waals surface area contributed by atoms with E-state index in [4.69, 9.17) is 4.74 Å². The van der Waals surface area contributed by atoms with Crippen LogP contribution in [0.25, 0.3) is 0 Å². The first-order valence-electron chi connectivity index (χ1n) is 9.38.